The minimum absolute atomic E-state index is 0.000437. The highest BCUT2D eigenvalue weighted by atomic mass is 79.9. The van der Waals surface area contributed by atoms with E-state index in [4.69, 9.17) is 17.3 Å². The van der Waals surface area contributed by atoms with E-state index in [-0.39, 0.29) is 27.9 Å². The smallest absolute Gasteiger partial charge is 0.289 e. The van der Waals surface area contributed by atoms with Gasteiger partial charge in [-0.25, -0.2) is 0 Å². The Kier molecular flexibility index (Phi) is 5.64. The molecule has 0 saturated heterocycles. The van der Waals surface area contributed by atoms with Gasteiger partial charge in [-0.05, 0) is 53.9 Å². The Hall–Kier alpha value is -2.67. The fourth-order valence-corrected chi connectivity index (χ4v) is 5.94. The fourth-order valence-electron chi connectivity index (χ4n) is 4.07. The first-order chi connectivity index (χ1) is 14.7. The van der Waals surface area contributed by atoms with Crippen LogP contribution in [0.4, 0.5) is 11.4 Å². The van der Waals surface area contributed by atoms with E-state index in [1.807, 2.05) is 13.0 Å². The number of carbonyl (C=O) groups excluding carboxylic acids is 1. The van der Waals surface area contributed by atoms with Crippen LogP contribution in [0.25, 0.3) is 0 Å². The molecule has 0 fully saturated rings. The number of thiophene rings is 1. The van der Waals surface area contributed by atoms with Crippen molar-refractivity contribution in [2.45, 2.75) is 32.1 Å². The monoisotopic (exact) mass is 518 g/mol. The summed E-state index contributed by atoms with van der Waals surface area (Å²) in [5, 5.41) is 21.4. The minimum Gasteiger partial charge on any atom is -0.384 e. The highest BCUT2D eigenvalue weighted by Gasteiger charge is 2.41. The summed E-state index contributed by atoms with van der Waals surface area (Å²) in [4.78, 5) is 27.4. The number of nitriles is 1. The lowest BCUT2D eigenvalue weighted by Crippen LogP contribution is -2.38. The van der Waals surface area contributed by atoms with Gasteiger partial charge in [0.15, 0.2) is 5.78 Å². The average Bonchev–Trinajstić information content (AvgIpc) is 3.06. The third kappa shape index (κ3) is 3.55. The number of nitrogens with two attached hydrogens (primary N) is 1. The molecule has 1 aliphatic carbocycles. The van der Waals surface area contributed by atoms with Gasteiger partial charge in [0.1, 0.15) is 10.8 Å². The van der Waals surface area contributed by atoms with Crippen molar-refractivity contribution in [1.82, 2.24) is 0 Å². The predicted octanol–water partition coefficient (Wildman–Crippen LogP) is 5.69. The summed E-state index contributed by atoms with van der Waals surface area (Å²) in [6.07, 6.45) is 1.59. The Morgan fingerprint density at radius 3 is 2.74 bits per heavy atom. The fraction of sp³-hybridized carbons (Fsp3) is 0.238. The van der Waals surface area contributed by atoms with E-state index in [0.717, 1.165) is 14.2 Å². The van der Waals surface area contributed by atoms with E-state index in [1.165, 1.54) is 23.5 Å². The molecule has 4 rings (SSSR count). The first-order valence-electron chi connectivity index (χ1n) is 9.40. The van der Waals surface area contributed by atoms with Crippen molar-refractivity contribution >= 4 is 56.0 Å². The zero-order chi connectivity index (χ0) is 22.4. The topological polar surface area (TPSA) is 113 Å². The van der Waals surface area contributed by atoms with Crippen LogP contribution in [0.15, 0.2) is 51.4 Å². The van der Waals surface area contributed by atoms with E-state index < -0.39 is 10.8 Å². The SMILES string of the molecule is Cc1sc(C2C(C#N)=C(N)N(c3ccc(Cl)c([N+](=O)[O-])c3)C3=C2C(=O)CCC3)cc1Br. The summed E-state index contributed by atoms with van der Waals surface area (Å²) in [5.74, 6) is -0.428. The lowest BCUT2D eigenvalue weighted by molar-refractivity contribution is -0.384. The third-order valence-corrected chi connectivity index (χ3v) is 7.98. The van der Waals surface area contributed by atoms with Crippen molar-refractivity contribution in [3.63, 3.8) is 0 Å². The van der Waals surface area contributed by atoms with Crippen molar-refractivity contribution < 1.29 is 9.72 Å². The Morgan fingerprint density at radius 2 is 2.13 bits per heavy atom. The van der Waals surface area contributed by atoms with Gasteiger partial charge in [-0.3, -0.25) is 19.8 Å². The van der Waals surface area contributed by atoms with Gasteiger partial charge in [-0.1, -0.05) is 11.6 Å². The van der Waals surface area contributed by atoms with E-state index in [1.54, 1.807) is 11.0 Å². The summed E-state index contributed by atoms with van der Waals surface area (Å²) < 4.78 is 0.907. The van der Waals surface area contributed by atoms with E-state index in [9.17, 15) is 20.2 Å². The maximum absolute atomic E-state index is 13.1. The van der Waals surface area contributed by atoms with Crippen LogP contribution in [0.1, 0.15) is 34.9 Å². The van der Waals surface area contributed by atoms with Gasteiger partial charge in [0.25, 0.3) is 5.69 Å². The lowest BCUT2D eigenvalue weighted by Gasteiger charge is -2.39. The van der Waals surface area contributed by atoms with Gasteiger partial charge in [0.2, 0.25) is 0 Å². The Morgan fingerprint density at radius 1 is 1.39 bits per heavy atom. The van der Waals surface area contributed by atoms with Crippen molar-refractivity contribution in [3.05, 3.63) is 76.3 Å². The molecule has 158 valence electrons. The molecule has 2 aromatic rings. The summed E-state index contributed by atoms with van der Waals surface area (Å²) in [7, 11) is 0. The number of halogens is 2. The summed E-state index contributed by atoms with van der Waals surface area (Å²) in [6, 6.07) is 8.46. The number of nitrogens with zero attached hydrogens (tertiary/aromatic N) is 3. The molecule has 2 aliphatic rings. The van der Waals surface area contributed by atoms with Gasteiger partial charge >= 0.3 is 0 Å². The Labute approximate surface area is 195 Å². The normalized spacial score (nSPS) is 18.8. The number of nitro benzene ring substituents is 1. The van der Waals surface area contributed by atoms with Crippen LogP contribution in [0.5, 0.6) is 0 Å². The molecule has 0 spiro atoms. The molecule has 1 aliphatic heterocycles. The minimum atomic E-state index is -0.572. The van der Waals surface area contributed by atoms with Crippen LogP contribution in [-0.2, 0) is 4.79 Å². The molecular formula is C21H16BrClN4O3S. The molecule has 0 radical (unpaired) electrons. The Balaban J connectivity index is 1.97. The van der Waals surface area contributed by atoms with Crippen LogP contribution in [-0.4, -0.2) is 10.7 Å². The third-order valence-electron chi connectivity index (χ3n) is 5.46. The number of Topliss-reactive ketones (excluding diaryl/α,β-unsaturated/α-hetero) is 1. The lowest BCUT2D eigenvalue weighted by atomic mass is 9.78. The quantitative estimate of drug-likeness (QED) is 0.412. The van der Waals surface area contributed by atoms with Gasteiger partial charge in [-0.15, -0.1) is 11.3 Å². The second-order valence-corrected chi connectivity index (χ2v) is 9.81. The number of anilines is 1. The summed E-state index contributed by atoms with van der Waals surface area (Å²) >= 11 is 11.0. The largest absolute Gasteiger partial charge is 0.384 e. The second kappa shape index (κ2) is 8.11. The first-order valence-corrected chi connectivity index (χ1v) is 11.4. The Bertz CT molecular complexity index is 1220. The maximum atomic E-state index is 13.1. The zero-order valence-electron chi connectivity index (χ0n) is 16.3. The number of ketones is 1. The molecule has 1 aromatic carbocycles. The van der Waals surface area contributed by atoms with Gasteiger partial charge in [-0.2, -0.15) is 5.26 Å². The molecular weight excluding hydrogens is 504 g/mol. The number of hydrogen-bond acceptors (Lipinski definition) is 7. The van der Waals surface area contributed by atoms with Crippen molar-refractivity contribution in [2.24, 2.45) is 5.73 Å². The van der Waals surface area contributed by atoms with E-state index in [0.29, 0.717) is 36.2 Å². The van der Waals surface area contributed by atoms with Crippen LogP contribution in [0.2, 0.25) is 5.02 Å². The van der Waals surface area contributed by atoms with Gasteiger partial charge in [0, 0.05) is 38.0 Å². The van der Waals surface area contributed by atoms with Crippen LogP contribution in [0.3, 0.4) is 0 Å². The molecule has 0 saturated carbocycles. The first kappa shape index (κ1) is 21.6. The number of benzene rings is 1. The summed E-state index contributed by atoms with van der Waals surface area (Å²) in [6.45, 7) is 1.96. The molecule has 7 nitrogen and oxygen atoms in total. The molecule has 1 unspecified atom stereocenters. The van der Waals surface area contributed by atoms with Crippen molar-refractivity contribution in [2.75, 3.05) is 4.90 Å². The maximum Gasteiger partial charge on any atom is 0.289 e. The number of allylic oxidation sites excluding steroid dienone is 3. The highest BCUT2D eigenvalue weighted by molar-refractivity contribution is 9.10. The molecule has 0 bridgehead atoms. The van der Waals surface area contributed by atoms with Crippen LogP contribution >= 0.6 is 38.9 Å². The number of hydrogen-bond donors (Lipinski definition) is 1. The molecule has 2 N–H and O–H groups in total. The standard InChI is InChI=1S/C21H16BrClN4O3S/c1-10-13(22)8-18(31-10)19-12(9-24)21(25)26(15-3-2-4-17(28)20(15)19)11-5-6-14(23)16(7-11)27(29)30/h5-8,19H,2-4,25H2,1H3. The summed E-state index contributed by atoms with van der Waals surface area (Å²) in [5.41, 5.74) is 8.07. The highest BCUT2D eigenvalue weighted by Crippen LogP contribution is 2.49. The number of aryl methyl sites for hydroxylation is 1. The van der Waals surface area contributed by atoms with Crippen molar-refractivity contribution in [1.29, 1.82) is 5.26 Å². The molecule has 1 atom stereocenters. The zero-order valence-corrected chi connectivity index (χ0v) is 19.5. The van der Waals surface area contributed by atoms with Gasteiger partial charge in [0.05, 0.1) is 28.2 Å². The molecule has 10 heteroatoms. The molecule has 31 heavy (non-hydrogen) atoms. The number of nitro groups is 1. The molecule has 0 amide bonds. The van der Waals surface area contributed by atoms with Crippen LogP contribution < -0.4 is 10.6 Å². The predicted molar refractivity (Wildman–Crippen MR) is 123 cm³/mol. The van der Waals surface area contributed by atoms with Gasteiger partial charge < -0.3 is 5.73 Å². The van der Waals surface area contributed by atoms with Crippen molar-refractivity contribution in [3.8, 4) is 6.07 Å². The van der Waals surface area contributed by atoms with Crippen LogP contribution in [0, 0.1) is 28.4 Å². The van der Waals surface area contributed by atoms with E-state index >= 15 is 0 Å². The average molecular weight is 520 g/mol. The van der Waals surface area contributed by atoms with E-state index in [2.05, 4.69) is 22.0 Å². The number of carbonyl (C=O) groups is 1. The molecule has 2 heterocycles. The molecule has 1 aromatic heterocycles. The second-order valence-electron chi connectivity index (χ2n) is 7.26. The number of rotatable bonds is 3.